The van der Waals surface area contributed by atoms with Crippen molar-refractivity contribution >= 4 is 9.76 Å². The Labute approximate surface area is 87.2 Å². The quantitative estimate of drug-likeness (QED) is 0.704. The molecule has 3 heteroatoms. The summed E-state index contributed by atoms with van der Waals surface area (Å²) in [4.78, 5) is 0. The smallest absolute Gasteiger partial charge is 0.247 e. The van der Waals surface area contributed by atoms with Gasteiger partial charge in [-0.3, -0.25) is 0 Å². The minimum absolute atomic E-state index is 0.434. The highest BCUT2D eigenvalue weighted by molar-refractivity contribution is 6.30. The molecule has 1 unspecified atom stereocenters. The van der Waals surface area contributed by atoms with Gasteiger partial charge in [-0.25, -0.2) is 0 Å². The summed E-state index contributed by atoms with van der Waals surface area (Å²) in [5.41, 5.74) is 0.434. The second-order valence-electron chi connectivity index (χ2n) is 3.61. The molecule has 0 aromatic heterocycles. The summed E-state index contributed by atoms with van der Waals surface area (Å²) in [7, 11) is -0.555. The molecule has 76 valence electrons. The van der Waals surface area contributed by atoms with Gasteiger partial charge in [0, 0.05) is 6.61 Å². The molecule has 0 spiro atoms. The average molecular weight is 208 g/mol. The van der Waals surface area contributed by atoms with E-state index in [2.05, 4.69) is 0 Å². The van der Waals surface area contributed by atoms with Crippen molar-refractivity contribution in [3.63, 3.8) is 0 Å². The molecule has 0 saturated carbocycles. The number of rotatable bonds is 3. The Hall–Kier alpha value is -0.803. The van der Waals surface area contributed by atoms with Gasteiger partial charge in [0.25, 0.3) is 0 Å². The second-order valence-corrected chi connectivity index (χ2v) is 5.15. The fourth-order valence-electron chi connectivity index (χ4n) is 1.64. The summed E-state index contributed by atoms with van der Waals surface area (Å²) in [6.45, 7) is 0.926. The van der Waals surface area contributed by atoms with Gasteiger partial charge in [0.15, 0.2) is 0 Å². The van der Waals surface area contributed by atoms with Gasteiger partial charge in [0.2, 0.25) is 9.76 Å². The Balaban J connectivity index is 1.76. The molecular weight excluding hydrogens is 192 g/mol. The summed E-state index contributed by atoms with van der Waals surface area (Å²) >= 11 is 0. The Bertz CT molecular complexity index is 257. The van der Waals surface area contributed by atoms with Gasteiger partial charge in [-0.05, 0) is 31.4 Å². The van der Waals surface area contributed by atoms with Crippen LogP contribution in [0.15, 0.2) is 30.3 Å². The van der Waals surface area contributed by atoms with Crippen LogP contribution in [-0.2, 0) is 4.74 Å². The van der Waals surface area contributed by atoms with Crippen LogP contribution in [-0.4, -0.2) is 22.1 Å². The van der Waals surface area contributed by atoms with E-state index in [0.717, 1.165) is 12.4 Å². The van der Waals surface area contributed by atoms with Crippen LogP contribution in [0.25, 0.3) is 0 Å². The van der Waals surface area contributed by atoms with E-state index in [-0.39, 0.29) is 0 Å². The minimum Gasteiger partial charge on any atom is -0.547 e. The predicted octanol–water partition coefficient (Wildman–Crippen LogP) is 1.68. The van der Waals surface area contributed by atoms with Crippen molar-refractivity contribution in [2.24, 2.45) is 0 Å². The minimum atomic E-state index is -0.555. The van der Waals surface area contributed by atoms with E-state index < -0.39 is 9.76 Å². The standard InChI is InChI=1S/C11H16O2Si/c1-2-6-10(7-3-1)13-14-11-8-4-5-9-12-11/h1-3,6-7,11H,4-5,8-9,14H2. The number of hydrogen-bond donors (Lipinski definition) is 0. The molecule has 0 amide bonds. The molecule has 1 aliphatic heterocycles. The molecule has 1 aromatic rings. The van der Waals surface area contributed by atoms with Crippen molar-refractivity contribution in [1.29, 1.82) is 0 Å². The van der Waals surface area contributed by atoms with E-state index in [0.29, 0.717) is 5.73 Å². The topological polar surface area (TPSA) is 18.5 Å². The zero-order valence-corrected chi connectivity index (χ0v) is 9.73. The third-order valence-electron chi connectivity index (χ3n) is 2.45. The van der Waals surface area contributed by atoms with Crippen LogP contribution in [0.2, 0.25) is 0 Å². The Morgan fingerprint density at radius 2 is 2.07 bits per heavy atom. The summed E-state index contributed by atoms with van der Waals surface area (Å²) in [6.07, 6.45) is 3.71. The molecule has 1 aromatic carbocycles. The highest BCUT2D eigenvalue weighted by Crippen LogP contribution is 2.14. The predicted molar refractivity (Wildman–Crippen MR) is 59.2 cm³/mol. The molecule has 0 aliphatic carbocycles. The Kier molecular flexibility index (Phi) is 3.60. The fourth-order valence-corrected chi connectivity index (χ4v) is 2.93. The van der Waals surface area contributed by atoms with Crippen LogP contribution < -0.4 is 4.43 Å². The molecule has 0 radical (unpaired) electrons. The summed E-state index contributed by atoms with van der Waals surface area (Å²) in [6, 6.07) is 10.0. The maximum absolute atomic E-state index is 5.76. The number of benzene rings is 1. The molecule has 1 atom stereocenters. The molecular formula is C11H16O2Si. The van der Waals surface area contributed by atoms with Crippen molar-refractivity contribution in [2.75, 3.05) is 6.61 Å². The van der Waals surface area contributed by atoms with E-state index in [4.69, 9.17) is 9.16 Å². The molecule has 2 nitrogen and oxygen atoms in total. The lowest BCUT2D eigenvalue weighted by atomic mass is 10.2. The maximum Gasteiger partial charge on any atom is 0.247 e. The van der Waals surface area contributed by atoms with Crippen LogP contribution in [0.1, 0.15) is 19.3 Å². The Morgan fingerprint density at radius 1 is 1.21 bits per heavy atom. The van der Waals surface area contributed by atoms with Crippen molar-refractivity contribution in [2.45, 2.75) is 25.0 Å². The van der Waals surface area contributed by atoms with Gasteiger partial charge < -0.3 is 9.16 Å². The lowest BCUT2D eigenvalue weighted by Crippen LogP contribution is -2.29. The molecule has 1 saturated heterocycles. The van der Waals surface area contributed by atoms with Crippen molar-refractivity contribution < 1.29 is 9.16 Å². The number of hydrogen-bond acceptors (Lipinski definition) is 2. The second kappa shape index (κ2) is 5.17. The van der Waals surface area contributed by atoms with E-state index in [9.17, 15) is 0 Å². The van der Waals surface area contributed by atoms with E-state index in [1.807, 2.05) is 30.3 Å². The molecule has 0 N–H and O–H groups in total. The first-order valence-electron chi connectivity index (χ1n) is 5.24. The van der Waals surface area contributed by atoms with E-state index in [1.54, 1.807) is 0 Å². The van der Waals surface area contributed by atoms with Gasteiger partial charge >= 0.3 is 0 Å². The van der Waals surface area contributed by atoms with E-state index >= 15 is 0 Å². The van der Waals surface area contributed by atoms with Gasteiger partial charge in [-0.15, -0.1) is 0 Å². The molecule has 2 rings (SSSR count). The molecule has 0 bridgehead atoms. The molecule has 1 aliphatic rings. The van der Waals surface area contributed by atoms with Gasteiger partial charge in [0.05, 0.1) is 5.73 Å². The first-order valence-corrected chi connectivity index (χ1v) is 6.64. The monoisotopic (exact) mass is 208 g/mol. The third-order valence-corrected chi connectivity index (χ3v) is 3.97. The highest BCUT2D eigenvalue weighted by Gasteiger charge is 2.15. The highest BCUT2D eigenvalue weighted by atomic mass is 28.2. The number of ether oxygens (including phenoxy) is 1. The normalized spacial score (nSPS) is 22.7. The molecule has 1 heterocycles. The van der Waals surface area contributed by atoms with Crippen LogP contribution in [0.3, 0.4) is 0 Å². The van der Waals surface area contributed by atoms with Crippen LogP contribution >= 0.6 is 0 Å². The van der Waals surface area contributed by atoms with Crippen molar-refractivity contribution in [3.8, 4) is 5.75 Å². The molecule has 1 fully saturated rings. The number of para-hydroxylation sites is 1. The average Bonchev–Trinajstić information content (AvgIpc) is 2.29. The fraction of sp³-hybridized carbons (Fsp3) is 0.455. The summed E-state index contributed by atoms with van der Waals surface area (Å²) < 4.78 is 11.4. The van der Waals surface area contributed by atoms with E-state index in [1.165, 1.54) is 19.3 Å². The summed E-state index contributed by atoms with van der Waals surface area (Å²) in [5.74, 6) is 0.994. The first-order chi connectivity index (χ1) is 6.95. The SMILES string of the molecule is c1ccc(O[SiH2]C2CCCCO2)cc1. The van der Waals surface area contributed by atoms with Crippen molar-refractivity contribution in [3.05, 3.63) is 30.3 Å². The van der Waals surface area contributed by atoms with Gasteiger partial charge in [0.1, 0.15) is 5.75 Å². The lowest BCUT2D eigenvalue weighted by molar-refractivity contribution is 0.0598. The summed E-state index contributed by atoms with van der Waals surface area (Å²) in [5, 5.41) is 0. The third kappa shape index (κ3) is 2.85. The largest absolute Gasteiger partial charge is 0.547 e. The Morgan fingerprint density at radius 3 is 2.79 bits per heavy atom. The first kappa shape index (κ1) is 9.74. The zero-order chi connectivity index (χ0) is 9.64. The maximum atomic E-state index is 5.76. The van der Waals surface area contributed by atoms with Gasteiger partial charge in [-0.2, -0.15) is 0 Å². The molecule has 14 heavy (non-hydrogen) atoms. The zero-order valence-electron chi connectivity index (χ0n) is 8.32. The van der Waals surface area contributed by atoms with Crippen LogP contribution in [0, 0.1) is 0 Å². The lowest BCUT2D eigenvalue weighted by Gasteiger charge is -2.22. The van der Waals surface area contributed by atoms with Crippen LogP contribution in [0.4, 0.5) is 0 Å². The van der Waals surface area contributed by atoms with Crippen LogP contribution in [0.5, 0.6) is 5.75 Å². The van der Waals surface area contributed by atoms with Crippen molar-refractivity contribution in [1.82, 2.24) is 0 Å². The van der Waals surface area contributed by atoms with Gasteiger partial charge in [-0.1, -0.05) is 18.2 Å².